The number of hydrogen-bond acceptors (Lipinski definition) is 3. The lowest BCUT2D eigenvalue weighted by Crippen LogP contribution is -2.12. The second-order valence-corrected chi connectivity index (χ2v) is 5.08. The molecule has 2 aromatic heterocycles. The molecular weight excluding hydrogens is 287 g/mol. The highest BCUT2D eigenvalue weighted by Crippen LogP contribution is 2.26. The van der Waals surface area contributed by atoms with Crippen LogP contribution in [0.15, 0.2) is 16.9 Å². The van der Waals surface area contributed by atoms with Gasteiger partial charge in [-0.3, -0.25) is 9.20 Å². The minimum absolute atomic E-state index is 0.273. The third-order valence-corrected chi connectivity index (χ3v) is 3.66. The Morgan fingerprint density at radius 3 is 2.74 bits per heavy atom. The highest BCUT2D eigenvalue weighted by molar-refractivity contribution is 6.42. The first kappa shape index (κ1) is 12.4. The van der Waals surface area contributed by atoms with Crippen LogP contribution in [0.1, 0.15) is 19.2 Å². The van der Waals surface area contributed by atoms with Crippen molar-refractivity contribution in [1.82, 2.24) is 19.6 Å². The van der Waals surface area contributed by atoms with E-state index in [1.54, 1.807) is 16.5 Å². The summed E-state index contributed by atoms with van der Waals surface area (Å²) >= 11 is 12.0. The van der Waals surface area contributed by atoms with Gasteiger partial charge in [-0.25, -0.2) is 0 Å². The molecule has 0 aliphatic heterocycles. The zero-order valence-corrected chi connectivity index (χ0v) is 11.6. The molecule has 98 valence electrons. The van der Waals surface area contributed by atoms with E-state index < -0.39 is 0 Å². The summed E-state index contributed by atoms with van der Waals surface area (Å²) in [5.41, 5.74) is 1.34. The molecule has 0 unspecified atom stereocenters. The Balaban J connectivity index is 2.51. The average Bonchev–Trinajstić information content (AvgIpc) is 2.78. The van der Waals surface area contributed by atoms with Crippen molar-refractivity contribution >= 4 is 39.9 Å². The lowest BCUT2D eigenvalue weighted by atomic mass is 10.2. The summed E-state index contributed by atoms with van der Waals surface area (Å²) < 4.78 is 1.74. The molecule has 0 saturated heterocycles. The van der Waals surface area contributed by atoms with Gasteiger partial charge in [0, 0.05) is 6.42 Å². The molecule has 0 saturated carbocycles. The van der Waals surface area contributed by atoms with Crippen LogP contribution in [0.4, 0.5) is 0 Å². The zero-order chi connectivity index (χ0) is 13.6. The van der Waals surface area contributed by atoms with Crippen LogP contribution in [0.25, 0.3) is 16.7 Å². The predicted molar refractivity (Wildman–Crippen MR) is 75.1 cm³/mol. The van der Waals surface area contributed by atoms with Gasteiger partial charge in [-0.05, 0) is 18.6 Å². The maximum absolute atomic E-state index is 12.0. The molecule has 0 bridgehead atoms. The number of fused-ring (bicyclic) bond motifs is 3. The highest BCUT2D eigenvalue weighted by Gasteiger charge is 2.13. The summed E-state index contributed by atoms with van der Waals surface area (Å²) in [6.45, 7) is 2.04. The van der Waals surface area contributed by atoms with E-state index in [-0.39, 0.29) is 11.2 Å². The number of H-pyrrole nitrogens is 1. The fourth-order valence-corrected chi connectivity index (χ4v) is 2.42. The molecule has 7 heteroatoms. The third-order valence-electron chi connectivity index (χ3n) is 2.93. The summed E-state index contributed by atoms with van der Waals surface area (Å²) in [5.74, 6) is 0.743. The summed E-state index contributed by atoms with van der Waals surface area (Å²) in [6, 6.07) is 3.35. The molecule has 0 aliphatic rings. The second kappa shape index (κ2) is 4.51. The Kier molecular flexibility index (Phi) is 2.95. The number of halogens is 2. The minimum Gasteiger partial charge on any atom is -0.317 e. The van der Waals surface area contributed by atoms with Crippen LogP contribution in [0, 0.1) is 0 Å². The van der Waals surface area contributed by atoms with Gasteiger partial charge < -0.3 is 4.98 Å². The Bertz CT molecular complexity index is 837. The number of nitrogens with one attached hydrogen (secondary N) is 1. The van der Waals surface area contributed by atoms with Crippen molar-refractivity contribution in [3.8, 4) is 0 Å². The van der Waals surface area contributed by atoms with Crippen molar-refractivity contribution in [2.45, 2.75) is 19.8 Å². The Hall–Kier alpha value is -1.59. The van der Waals surface area contributed by atoms with E-state index in [9.17, 15) is 4.79 Å². The van der Waals surface area contributed by atoms with Crippen molar-refractivity contribution in [3.63, 3.8) is 0 Å². The topological polar surface area (TPSA) is 63.0 Å². The van der Waals surface area contributed by atoms with Crippen LogP contribution < -0.4 is 5.56 Å². The van der Waals surface area contributed by atoms with Crippen LogP contribution in [-0.2, 0) is 6.42 Å². The van der Waals surface area contributed by atoms with Gasteiger partial charge in [0.1, 0.15) is 5.82 Å². The Morgan fingerprint density at radius 2 is 2.00 bits per heavy atom. The summed E-state index contributed by atoms with van der Waals surface area (Å²) in [6.07, 6.45) is 1.65. The third kappa shape index (κ3) is 1.89. The Morgan fingerprint density at radius 1 is 1.26 bits per heavy atom. The molecule has 3 aromatic rings. The van der Waals surface area contributed by atoms with E-state index in [1.165, 1.54) is 0 Å². The molecule has 0 atom stereocenters. The fraction of sp³-hybridized carbons (Fsp3) is 0.250. The van der Waals surface area contributed by atoms with E-state index in [4.69, 9.17) is 23.2 Å². The standard InChI is InChI=1S/C12H10Cl2N4O/c1-2-3-10-16-17-11-12(19)15-8-4-6(13)7(14)5-9(8)18(10)11/h4-5H,2-3H2,1H3,(H,15,19). The van der Waals surface area contributed by atoms with E-state index in [0.717, 1.165) is 24.2 Å². The van der Waals surface area contributed by atoms with Gasteiger partial charge in [0.15, 0.2) is 0 Å². The van der Waals surface area contributed by atoms with Crippen LogP contribution in [-0.4, -0.2) is 19.6 Å². The molecule has 0 amide bonds. The Labute approximate surface area is 118 Å². The maximum atomic E-state index is 12.0. The first-order chi connectivity index (χ1) is 9.11. The van der Waals surface area contributed by atoms with Crippen molar-refractivity contribution in [1.29, 1.82) is 0 Å². The van der Waals surface area contributed by atoms with Crippen LogP contribution in [0.3, 0.4) is 0 Å². The van der Waals surface area contributed by atoms with Crippen LogP contribution in [0.5, 0.6) is 0 Å². The number of benzene rings is 1. The maximum Gasteiger partial charge on any atom is 0.294 e. The highest BCUT2D eigenvalue weighted by atomic mass is 35.5. The monoisotopic (exact) mass is 296 g/mol. The van der Waals surface area contributed by atoms with Crippen molar-refractivity contribution < 1.29 is 0 Å². The van der Waals surface area contributed by atoms with Gasteiger partial charge in [-0.2, -0.15) is 0 Å². The fourth-order valence-electron chi connectivity index (χ4n) is 2.10. The zero-order valence-electron chi connectivity index (χ0n) is 10.1. The van der Waals surface area contributed by atoms with Gasteiger partial charge in [0.2, 0.25) is 5.65 Å². The first-order valence-corrected chi connectivity index (χ1v) is 6.62. The first-order valence-electron chi connectivity index (χ1n) is 5.87. The van der Waals surface area contributed by atoms with Gasteiger partial charge in [-0.15, -0.1) is 10.2 Å². The van der Waals surface area contributed by atoms with E-state index in [1.807, 2.05) is 6.92 Å². The molecule has 0 fully saturated rings. The number of aromatic amines is 1. The average molecular weight is 297 g/mol. The molecule has 0 radical (unpaired) electrons. The van der Waals surface area contributed by atoms with Crippen molar-refractivity contribution in [2.24, 2.45) is 0 Å². The number of nitrogens with zero attached hydrogens (tertiary/aromatic N) is 3. The summed E-state index contributed by atoms with van der Waals surface area (Å²) in [7, 11) is 0. The number of aromatic nitrogens is 4. The number of rotatable bonds is 2. The number of aryl methyl sites for hydroxylation is 1. The predicted octanol–water partition coefficient (Wildman–Crippen LogP) is 2.83. The molecule has 2 heterocycles. The normalized spacial score (nSPS) is 11.5. The second-order valence-electron chi connectivity index (χ2n) is 4.26. The van der Waals surface area contributed by atoms with Crippen molar-refractivity contribution in [3.05, 3.63) is 38.4 Å². The molecule has 1 N–H and O–H groups in total. The molecule has 0 spiro atoms. The SMILES string of the molecule is CCCc1nnc2c(=O)[nH]c3cc(Cl)c(Cl)cc3n12. The number of hydrogen-bond donors (Lipinski definition) is 1. The molecule has 3 rings (SSSR count). The largest absolute Gasteiger partial charge is 0.317 e. The molecular formula is C12H10Cl2N4O. The molecule has 0 aliphatic carbocycles. The summed E-state index contributed by atoms with van der Waals surface area (Å²) in [5, 5.41) is 8.82. The lowest BCUT2D eigenvalue weighted by molar-refractivity contribution is 0.825. The molecule has 5 nitrogen and oxygen atoms in total. The van der Waals surface area contributed by atoms with Crippen LogP contribution in [0.2, 0.25) is 10.0 Å². The van der Waals surface area contributed by atoms with E-state index in [0.29, 0.717) is 15.6 Å². The van der Waals surface area contributed by atoms with Crippen molar-refractivity contribution in [2.75, 3.05) is 0 Å². The summed E-state index contributed by atoms with van der Waals surface area (Å²) in [4.78, 5) is 14.7. The van der Waals surface area contributed by atoms with Gasteiger partial charge >= 0.3 is 0 Å². The van der Waals surface area contributed by atoms with E-state index in [2.05, 4.69) is 15.2 Å². The van der Waals surface area contributed by atoms with E-state index >= 15 is 0 Å². The lowest BCUT2D eigenvalue weighted by Gasteiger charge is -2.05. The minimum atomic E-state index is -0.291. The molecule has 19 heavy (non-hydrogen) atoms. The molecule has 1 aromatic carbocycles. The van der Waals surface area contributed by atoms with Gasteiger partial charge in [0.05, 0.1) is 21.1 Å². The quantitative estimate of drug-likeness (QED) is 0.791. The van der Waals surface area contributed by atoms with Gasteiger partial charge in [-0.1, -0.05) is 30.1 Å². The smallest absolute Gasteiger partial charge is 0.294 e. The van der Waals surface area contributed by atoms with Gasteiger partial charge in [0.25, 0.3) is 5.56 Å². The van der Waals surface area contributed by atoms with Crippen LogP contribution >= 0.6 is 23.2 Å².